The van der Waals surface area contributed by atoms with Gasteiger partial charge in [-0.3, -0.25) is 14.3 Å². The van der Waals surface area contributed by atoms with Gasteiger partial charge in [-0.2, -0.15) is 5.10 Å². The molecule has 8 heteroatoms. The van der Waals surface area contributed by atoms with Crippen molar-refractivity contribution in [1.29, 1.82) is 0 Å². The lowest BCUT2D eigenvalue weighted by atomic mass is 9.95. The summed E-state index contributed by atoms with van der Waals surface area (Å²) >= 11 is 0. The number of likely N-dealkylation sites (tertiary alicyclic amines) is 1. The first-order chi connectivity index (χ1) is 14.0. The van der Waals surface area contributed by atoms with Crippen LogP contribution in [0.3, 0.4) is 0 Å². The molecule has 0 unspecified atom stereocenters. The van der Waals surface area contributed by atoms with Crippen LogP contribution in [0, 0.1) is 18.8 Å². The number of morpholine rings is 1. The fourth-order valence-electron chi connectivity index (χ4n) is 4.33. The second kappa shape index (κ2) is 8.83. The van der Waals surface area contributed by atoms with Gasteiger partial charge in [0.15, 0.2) is 0 Å². The van der Waals surface area contributed by atoms with Gasteiger partial charge in [-0.05, 0) is 57.5 Å². The maximum absolute atomic E-state index is 12.4. The molecule has 0 spiro atoms. The van der Waals surface area contributed by atoms with E-state index in [1.807, 2.05) is 18.9 Å². The summed E-state index contributed by atoms with van der Waals surface area (Å²) < 4.78 is 7.35. The Balaban J connectivity index is 1.22. The molecule has 0 aromatic carbocycles. The van der Waals surface area contributed by atoms with Crippen molar-refractivity contribution >= 4 is 11.8 Å². The number of carbonyl (C=O) groups is 2. The summed E-state index contributed by atoms with van der Waals surface area (Å²) in [5.41, 5.74) is 1.41. The van der Waals surface area contributed by atoms with Crippen molar-refractivity contribution in [3.63, 3.8) is 0 Å². The summed E-state index contributed by atoms with van der Waals surface area (Å²) in [4.78, 5) is 29.3. The first-order valence-electron chi connectivity index (χ1n) is 10.9. The van der Waals surface area contributed by atoms with Crippen LogP contribution in [0.2, 0.25) is 0 Å². The van der Waals surface area contributed by atoms with Gasteiger partial charge in [0.2, 0.25) is 5.91 Å². The Labute approximate surface area is 172 Å². The molecular formula is C21H33N5O3. The lowest BCUT2D eigenvalue weighted by Crippen LogP contribution is -2.52. The van der Waals surface area contributed by atoms with Gasteiger partial charge in [0.1, 0.15) is 6.61 Å². The van der Waals surface area contributed by atoms with Crippen LogP contribution in [0.5, 0.6) is 0 Å². The third-order valence-electron chi connectivity index (χ3n) is 6.59. The van der Waals surface area contributed by atoms with E-state index >= 15 is 0 Å². The highest BCUT2D eigenvalue weighted by atomic mass is 16.5. The van der Waals surface area contributed by atoms with Gasteiger partial charge in [-0.25, -0.2) is 0 Å². The molecule has 3 fully saturated rings. The molecule has 3 heterocycles. The molecule has 2 amide bonds. The van der Waals surface area contributed by atoms with Gasteiger partial charge in [0.05, 0.1) is 17.9 Å². The average Bonchev–Trinajstić information content (AvgIpc) is 3.47. The summed E-state index contributed by atoms with van der Waals surface area (Å²) in [5, 5.41) is 7.04. The highest BCUT2D eigenvalue weighted by Crippen LogP contribution is 2.31. The molecular weight excluding hydrogens is 370 g/mol. The lowest BCUT2D eigenvalue weighted by molar-refractivity contribution is -0.149. The zero-order chi connectivity index (χ0) is 20.4. The number of ether oxygens (including phenoxy) is 1. The Morgan fingerprint density at radius 2 is 1.93 bits per heavy atom. The average molecular weight is 404 g/mol. The van der Waals surface area contributed by atoms with Crippen molar-refractivity contribution in [3.8, 4) is 0 Å². The van der Waals surface area contributed by atoms with E-state index in [2.05, 4.69) is 15.3 Å². The molecule has 1 atom stereocenters. The summed E-state index contributed by atoms with van der Waals surface area (Å²) in [6, 6.07) is 0. The predicted octanol–water partition coefficient (Wildman–Crippen LogP) is 0.808. The smallest absolute Gasteiger partial charge is 0.254 e. The predicted molar refractivity (Wildman–Crippen MR) is 108 cm³/mol. The maximum atomic E-state index is 12.4. The molecule has 1 aliphatic carbocycles. The lowest BCUT2D eigenvalue weighted by Gasteiger charge is -2.38. The van der Waals surface area contributed by atoms with E-state index in [1.54, 1.807) is 10.9 Å². The molecule has 160 valence electrons. The topological polar surface area (TPSA) is 79.7 Å². The zero-order valence-corrected chi connectivity index (χ0v) is 17.6. The van der Waals surface area contributed by atoms with Gasteiger partial charge in [0.25, 0.3) is 5.91 Å². The van der Waals surface area contributed by atoms with Gasteiger partial charge >= 0.3 is 0 Å². The van der Waals surface area contributed by atoms with Crippen LogP contribution in [0.25, 0.3) is 0 Å². The Kier molecular flexibility index (Phi) is 6.20. The highest BCUT2D eigenvalue weighted by Gasteiger charge is 2.31. The molecule has 1 aromatic heterocycles. The summed E-state index contributed by atoms with van der Waals surface area (Å²) in [5.74, 6) is 1.43. The van der Waals surface area contributed by atoms with E-state index in [4.69, 9.17) is 4.74 Å². The van der Waals surface area contributed by atoms with E-state index in [1.165, 1.54) is 32.2 Å². The number of nitrogens with zero attached hydrogens (tertiary/aromatic N) is 4. The molecule has 8 nitrogen and oxygen atoms in total. The molecule has 2 saturated heterocycles. The number of carbonyl (C=O) groups excluding carboxylic acids is 2. The van der Waals surface area contributed by atoms with Crippen LogP contribution >= 0.6 is 0 Å². The van der Waals surface area contributed by atoms with Crippen LogP contribution in [0.1, 0.15) is 41.7 Å². The van der Waals surface area contributed by atoms with Crippen molar-refractivity contribution < 1.29 is 14.3 Å². The molecule has 3 aliphatic rings. The number of aryl methyl sites for hydroxylation is 1. The number of piperidine rings is 1. The Morgan fingerprint density at radius 3 is 2.59 bits per heavy atom. The molecule has 2 aliphatic heterocycles. The van der Waals surface area contributed by atoms with Crippen LogP contribution in [0.4, 0.5) is 0 Å². The van der Waals surface area contributed by atoms with E-state index in [0.29, 0.717) is 24.6 Å². The van der Waals surface area contributed by atoms with Crippen molar-refractivity contribution in [2.24, 2.45) is 18.9 Å². The standard InChI is InChI=1S/C21H33N5O3/c1-15-19(10-23-24(15)2)21(28)22-9-18-13-26(20(27)14-29-18)12-17-5-7-25(8-6-17)11-16-3-4-16/h10,16-18H,3-9,11-14H2,1-2H3,(H,22,28)/t18-/m0/s1. The van der Waals surface area contributed by atoms with Gasteiger partial charge in [-0.15, -0.1) is 0 Å². The van der Waals surface area contributed by atoms with E-state index in [-0.39, 0.29) is 24.5 Å². The molecule has 0 radical (unpaired) electrons. The fourth-order valence-corrected chi connectivity index (χ4v) is 4.33. The summed E-state index contributed by atoms with van der Waals surface area (Å²) in [7, 11) is 1.82. The maximum Gasteiger partial charge on any atom is 0.254 e. The highest BCUT2D eigenvalue weighted by molar-refractivity contribution is 5.95. The monoisotopic (exact) mass is 403 g/mol. The molecule has 0 bridgehead atoms. The van der Waals surface area contributed by atoms with Gasteiger partial charge < -0.3 is 19.9 Å². The quantitative estimate of drug-likeness (QED) is 0.729. The summed E-state index contributed by atoms with van der Waals surface area (Å²) in [6.07, 6.45) is 6.56. The van der Waals surface area contributed by atoms with Crippen molar-refractivity contribution in [1.82, 2.24) is 24.9 Å². The zero-order valence-electron chi connectivity index (χ0n) is 17.6. The van der Waals surface area contributed by atoms with E-state index in [0.717, 1.165) is 31.2 Å². The molecule has 1 saturated carbocycles. The Bertz CT molecular complexity index is 737. The van der Waals surface area contributed by atoms with Gasteiger partial charge in [0, 0.05) is 38.9 Å². The van der Waals surface area contributed by atoms with Crippen LogP contribution in [-0.4, -0.2) is 83.4 Å². The molecule has 1 N–H and O–H groups in total. The molecule has 1 aromatic rings. The van der Waals surface area contributed by atoms with Crippen LogP contribution in [-0.2, 0) is 16.6 Å². The number of amides is 2. The van der Waals surface area contributed by atoms with Crippen molar-refractivity contribution in [2.45, 2.75) is 38.7 Å². The normalized spacial score (nSPS) is 24.1. The third-order valence-corrected chi connectivity index (χ3v) is 6.59. The minimum absolute atomic E-state index is 0.0658. The second-order valence-corrected chi connectivity index (χ2v) is 8.90. The second-order valence-electron chi connectivity index (χ2n) is 8.90. The SMILES string of the molecule is Cc1c(C(=O)NC[C@H]2CN(CC3CCN(CC4CC4)CC3)C(=O)CO2)cnn1C. The largest absolute Gasteiger partial charge is 0.365 e. The summed E-state index contributed by atoms with van der Waals surface area (Å²) in [6.45, 7) is 7.31. The number of hydrogen-bond donors (Lipinski definition) is 1. The Morgan fingerprint density at radius 1 is 1.21 bits per heavy atom. The third kappa shape index (κ3) is 5.17. The minimum Gasteiger partial charge on any atom is -0.365 e. The fraction of sp³-hybridized carbons (Fsp3) is 0.762. The number of hydrogen-bond acceptors (Lipinski definition) is 5. The van der Waals surface area contributed by atoms with Gasteiger partial charge in [-0.1, -0.05) is 0 Å². The van der Waals surface area contributed by atoms with E-state index < -0.39 is 0 Å². The number of nitrogens with one attached hydrogen (secondary N) is 1. The molecule has 4 rings (SSSR count). The van der Waals surface area contributed by atoms with Crippen LogP contribution in [0.15, 0.2) is 6.20 Å². The first-order valence-corrected chi connectivity index (χ1v) is 10.9. The Hall–Kier alpha value is -1.93. The first kappa shape index (κ1) is 20.3. The van der Waals surface area contributed by atoms with E-state index in [9.17, 15) is 9.59 Å². The number of aromatic nitrogens is 2. The minimum atomic E-state index is -0.163. The van der Waals surface area contributed by atoms with Crippen LogP contribution < -0.4 is 5.32 Å². The molecule has 29 heavy (non-hydrogen) atoms. The van der Waals surface area contributed by atoms with Crippen molar-refractivity contribution in [2.75, 3.05) is 45.9 Å². The van der Waals surface area contributed by atoms with Crippen molar-refractivity contribution in [3.05, 3.63) is 17.5 Å². The number of rotatable bonds is 7.